The molecule has 1 aliphatic rings. The fraction of sp³-hybridized carbons (Fsp3) is 0.250. The Labute approximate surface area is 161 Å². The lowest BCUT2D eigenvalue weighted by molar-refractivity contribution is -0.287. The van der Waals surface area contributed by atoms with Gasteiger partial charge in [0.15, 0.2) is 5.79 Å². The number of rotatable bonds is 6. The van der Waals surface area contributed by atoms with Gasteiger partial charge in [-0.25, -0.2) is 0 Å². The van der Waals surface area contributed by atoms with Crippen LogP contribution < -0.4 is 0 Å². The minimum Gasteiger partial charge on any atom is -0.351 e. The Morgan fingerprint density at radius 2 is 0.963 bits per heavy atom. The molecule has 3 aromatic rings. The second-order valence-corrected chi connectivity index (χ2v) is 6.98. The predicted molar refractivity (Wildman–Crippen MR) is 108 cm³/mol. The number of hydrogen-bond acceptors (Lipinski definition) is 3. The zero-order valence-corrected chi connectivity index (χ0v) is 15.8. The van der Waals surface area contributed by atoms with Crippen LogP contribution >= 0.6 is 0 Å². The van der Waals surface area contributed by atoms with Crippen molar-refractivity contribution in [2.45, 2.75) is 11.3 Å². The number of ether oxygens (including phenoxy) is 2. The van der Waals surface area contributed by atoms with Gasteiger partial charge in [0.05, 0.1) is 18.6 Å². The first kappa shape index (κ1) is 17.9. The first-order valence-corrected chi connectivity index (χ1v) is 9.27. The molecule has 0 N–H and O–H groups in total. The first-order valence-electron chi connectivity index (χ1n) is 9.27. The van der Waals surface area contributed by atoms with Gasteiger partial charge in [0.2, 0.25) is 0 Å². The molecule has 0 radical (unpaired) electrons. The number of methoxy groups -OCH3 is 2. The molecule has 0 spiro atoms. The molecule has 0 aliphatic carbocycles. The molecule has 1 aliphatic heterocycles. The van der Waals surface area contributed by atoms with Crippen LogP contribution in [-0.4, -0.2) is 38.0 Å². The smallest absolute Gasteiger partial charge is 0.193 e. The molecular weight excluding hydrogens is 334 g/mol. The molecule has 0 aromatic heterocycles. The lowest BCUT2D eigenvalue weighted by Gasteiger charge is -2.57. The lowest BCUT2D eigenvalue weighted by Crippen LogP contribution is -2.70. The minimum absolute atomic E-state index is 0.398. The van der Waals surface area contributed by atoms with Crippen molar-refractivity contribution in [2.24, 2.45) is 0 Å². The van der Waals surface area contributed by atoms with Crippen molar-refractivity contribution in [2.75, 3.05) is 27.3 Å². The van der Waals surface area contributed by atoms with Crippen LogP contribution in [0.5, 0.6) is 0 Å². The van der Waals surface area contributed by atoms with Crippen LogP contribution in [0, 0.1) is 0 Å². The van der Waals surface area contributed by atoms with Crippen LogP contribution in [0.15, 0.2) is 91.0 Å². The third-order valence-corrected chi connectivity index (χ3v) is 5.66. The average Bonchev–Trinajstić information content (AvgIpc) is 2.73. The van der Waals surface area contributed by atoms with E-state index in [0.717, 1.165) is 0 Å². The molecule has 0 amide bonds. The maximum absolute atomic E-state index is 5.69. The quantitative estimate of drug-likeness (QED) is 0.484. The summed E-state index contributed by atoms with van der Waals surface area (Å²) >= 11 is 0. The van der Waals surface area contributed by atoms with Crippen LogP contribution in [0.2, 0.25) is 0 Å². The number of hydrogen-bond donors (Lipinski definition) is 0. The molecule has 4 rings (SSSR count). The monoisotopic (exact) mass is 359 g/mol. The summed E-state index contributed by atoms with van der Waals surface area (Å²) in [6.07, 6.45) is 0. The Bertz CT molecular complexity index is 756. The highest BCUT2D eigenvalue weighted by Crippen LogP contribution is 2.47. The molecule has 0 atom stereocenters. The van der Waals surface area contributed by atoms with Gasteiger partial charge in [-0.1, -0.05) is 91.0 Å². The van der Waals surface area contributed by atoms with Crippen molar-refractivity contribution < 1.29 is 9.47 Å². The van der Waals surface area contributed by atoms with Gasteiger partial charge in [-0.05, 0) is 16.7 Å². The van der Waals surface area contributed by atoms with Gasteiger partial charge in [0, 0.05) is 14.2 Å². The van der Waals surface area contributed by atoms with Crippen molar-refractivity contribution in [3.8, 4) is 0 Å². The Balaban J connectivity index is 1.94. The van der Waals surface area contributed by atoms with Crippen molar-refractivity contribution in [1.82, 2.24) is 4.90 Å². The van der Waals surface area contributed by atoms with Gasteiger partial charge >= 0.3 is 0 Å². The number of benzene rings is 3. The van der Waals surface area contributed by atoms with Crippen LogP contribution in [-0.2, 0) is 15.0 Å². The fourth-order valence-corrected chi connectivity index (χ4v) is 4.20. The van der Waals surface area contributed by atoms with Crippen molar-refractivity contribution >= 4 is 0 Å². The highest BCUT2D eigenvalue weighted by atomic mass is 16.7. The minimum atomic E-state index is -0.552. The number of likely N-dealkylation sites (tertiary alicyclic amines) is 1. The molecule has 1 saturated heterocycles. The lowest BCUT2D eigenvalue weighted by atomic mass is 9.73. The van der Waals surface area contributed by atoms with Gasteiger partial charge in [0.1, 0.15) is 0 Å². The van der Waals surface area contributed by atoms with Crippen molar-refractivity contribution in [1.29, 1.82) is 0 Å². The normalized spacial score (nSPS) is 16.7. The SMILES string of the molecule is COC1(OC)CN(C(c2ccccc2)(c2ccccc2)c2ccccc2)C1. The Morgan fingerprint density at radius 3 is 1.26 bits per heavy atom. The Morgan fingerprint density at radius 1 is 0.630 bits per heavy atom. The Hall–Kier alpha value is -2.46. The van der Waals surface area contributed by atoms with Crippen molar-refractivity contribution in [3.05, 3.63) is 108 Å². The topological polar surface area (TPSA) is 21.7 Å². The van der Waals surface area contributed by atoms with E-state index < -0.39 is 11.3 Å². The molecule has 0 bridgehead atoms. The van der Waals surface area contributed by atoms with Crippen molar-refractivity contribution in [3.63, 3.8) is 0 Å². The first-order chi connectivity index (χ1) is 13.2. The van der Waals surface area contributed by atoms with Gasteiger partial charge in [0.25, 0.3) is 0 Å². The third kappa shape index (κ3) is 2.88. The van der Waals surface area contributed by atoms with E-state index in [0.29, 0.717) is 13.1 Å². The molecule has 3 nitrogen and oxygen atoms in total. The summed E-state index contributed by atoms with van der Waals surface area (Å²) in [5.41, 5.74) is 3.32. The van der Waals surface area contributed by atoms with E-state index in [4.69, 9.17) is 9.47 Å². The largest absolute Gasteiger partial charge is 0.351 e. The molecule has 0 unspecified atom stereocenters. The molecule has 1 fully saturated rings. The molecule has 1 heterocycles. The summed E-state index contributed by atoms with van der Waals surface area (Å²) in [4.78, 5) is 2.44. The summed E-state index contributed by atoms with van der Waals surface area (Å²) in [5, 5.41) is 0. The summed E-state index contributed by atoms with van der Waals surface area (Å²) in [5.74, 6) is -0.552. The zero-order chi connectivity index (χ0) is 18.7. The highest BCUT2D eigenvalue weighted by Gasteiger charge is 2.54. The molecule has 0 saturated carbocycles. The molecule has 3 heteroatoms. The van der Waals surface area contributed by atoms with Gasteiger partial charge in [-0.3, -0.25) is 4.90 Å². The molecular formula is C24H25NO2. The van der Waals surface area contributed by atoms with E-state index in [-0.39, 0.29) is 0 Å². The van der Waals surface area contributed by atoms with Crippen LogP contribution in [0.4, 0.5) is 0 Å². The Kier molecular flexibility index (Phi) is 4.83. The summed E-state index contributed by atoms with van der Waals surface area (Å²) < 4.78 is 11.4. The molecule has 3 aromatic carbocycles. The second kappa shape index (κ2) is 7.28. The van der Waals surface area contributed by atoms with Gasteiger partial charge < -0.3 is 9.47 Å². The maximum Gasteiger partial charge on any atom is 0.193 e. The molecule has 138 valence electrons. The summed E-state index contributed by atoms with van der Waals surface area (Å²) in [6, 6.07) is 32.1. The summed E-state index contributed by atoms with van der Waals surface area (Å²) in [7, 11) is 3.44. The predicted octanol–water partition coefficient (Wildman–Crippen LogP) is 4.28. The standard InChI is InChI=1S/C24H25NO2/c1-26-23(27-2)18-25(19-23)24(20-12-6-3-7-13-20,21-14-8-4-9-15-21)22-16-10-5-11-17-22/h3-17H,18-19H2,1-2H3. The summed E-state index contributed by atoms with van der Waals surface area (Å²) in [6.45, 7) is 1.39. The van der Waals surface area contributed by atoms with Gasteiger partial charge in [-0.15, -0.1) is 0 Å². The number of nitrogens with zero attached hydrogens (tertiary/aromatic N) is 1. The van der Waals surface area contributed by atoms with E-state index in [9.17, 15) is 0 Å². The fourth-order valence-electron chi connectivity index (χ4n) is 4.20. The average molecular weight is 359 g/mol. The molecule has 27 heavy (non-hydrogen) atoms. The van der Waals surface area contributed by atoms with Crippen LogP contribution in [0.25, 0.3) is 0 Å². The van der Waals surface area contributed by atoms with E-state index in [1.807, 2.05) is 0 Å². The van der Waals surface area contributed by atoms with Gasteiger partial charge in [-0.2, -0.15) is 0 Å². The highest BCUT2D eigenvalue weighted by molar-refractivity contribution is 5.50. The van der Waals surface area contributed by atoms with E-state index in [2.05, 4.69) is 95.9 Å². The maximum atomic E-state index is 5.69. The van der Waals surface area contributed by atoms with Crippen LogP contribution in [0.1, 0.15) is 16.7 Å². The zero-order valence-electron chi connectivity index (χ0n) is 15.8. The van der Waals surface area contributed by atoms with E-state index in [1.165, 1.54) is 16.7 Å². The van der Waals surface area contributed by atoms with E-state index in [1.54, 1.807) is 14.2 Å². The third-order valence-electron chi connectivity index (χ3n) is 5.66. The van der Waals surface area contributed by atoms with E-state index >= 15 is 0 Å². The van der Waals surface area contributed by atoms with Crippen LogP contribution in [0.3, 0.4) is 0 Å². The second-order valence-electron chi connectivity index (χ2n) is 6.98.